The molecule has 3 saturated heterocycles. The number of benzene rings is 1. The number of allylic oxidation sites excluding steroid dienone is 4. The summed E-state index contributed by atoms with van der Waals surface area (Å²) < 4.78 is 5.95. The fraction of sp³-hybridized carbons (Fsp3) is 0.462. The zero-order valence-corrected chi connectivity index (χ0v) is 41.4. The first-order valence-corrected chi connectivity index (χ1v) is 26.0. The molecule has 69 heavy (non-hydrogen) atoms. The molecule has 8 heterocycles. The van der Waals surface area contributed by atoms with Gasteiger partial charge in [-0.15, -0.1) is 27.8 Å². The Morgan fingerprint density at radius 1 is 0.899 bits per heavy atom. The molecule has 0 bridgehead atoms. The van der Waals surface area contributed by atoms with E-state index in [9.17, 15) is 19.8 Å². The van der Waals surface area contributed by atoms with Gasteiger partial charge >= 0.3 is 0 Å². The van der Waals surface area contributed by atoms with Crippen LogP contribution in [0.3, 0.4) is 0 Å². The van der Waals surface area contributed by atoms with Gasteiger partial charge in [-0.3, -0.25) is 9.59 Å². The van der Waals surface area contributed by atoms with Gasteiger partial charge < -0.3 is 34.8 Å². The second-order valence-electron chi connectivity index (χ2n) is 19.5. The van der Waals surface area contributed by atoms with E-state index < -0.39 is 18.1 Å². The van der Waals surface area contributed by atoms with Gasteiger partial charge in [0.15, 0.2) is 0 Å². The Balaban J connectivity index is 0.720. The molecule has 6 aromatic rings. The number of aryl methyl sites for hydroxylation is 2. The number of thiazole rings is 1. The van der Waals surface area contributed by atoms with Crippen molar-refractivity contribution in [3.8, 4) is 10.4 Å². The van der Waals surface area contributed by atoms with Crippen molar-refractivity contribution in [1.29, 1.82) is 0 Å². The summed E-state index contributed by atoms with van der Waals surface area (Å²) in [6, 6.07) is 11.0. The van der Waals surface area contributed by atoms with Crippen LogP contribution in [0.15, 0.2) is 82.8 Å². The van der Waals surface area contributed by atoms with E-state index in [1.165, 1.54) is 15.3 Å². The molecule has 15 nitrogen and oxygen atoms in total. The van der Waals surface area contributed by atoms with Gasteiger partial charge in [-0.05, 0) is 93.5 Å². The molecule has 4 aliphatic rings. The Morgan fingerprint density at radius 3 is 2.32 bits per heavy atom. The fourth-order valence-electron chi connectivity index (χ4n) is 10.7. The zero-order valence-electron chi connectivity index (χ0n) is 39.8. The summed E-state index contributed by atoms with van der Waals surface area (Å²) in [5.74, 6) is 0.704. The van der Waals surface area contributed by atoms with Crippen LogP contribution in [0.5, 0.6) is 0 Å². The molecule has 2 amide bonds. The lowest BCUT2D eigenvalue weighted by Crippen LogP contribution is -2.48. The number of thiophene rings is 1. The lowest BCUT2D eigenvalue weighted by molar-refractivity contribution is -0.141. The van der Waals surface area contributed by atoms with Crippen LogP contribution in [0, 0.1) is 19.8 Å². The Bertz CT molecular complexity index is 2860. The van der Waals surface area contributed by atoms with Crippen molar-refractivity contribution in [2.75, 3.05) is 42.5 Å². The van der Waals surface area contributed by atoms with Gasteiger partial charge in [0.1, 0.15) is 28.3 Å². The van der Waals surface area contributed by atoms with Crippen LogP contribution >= 0.6 is 22.7 Å². The van der Waals surface area contributed by atoms with Crippen LogP contribution < -0.4 is 15.1 Å². The number of amides is 2. The summed E-state index contributed by atoms with van der Waals surface area (Å²) >= 11 is 3.34. The third-order valence-corrected chi connectivity index (χ3v) is 17.1. The number of nitrogens with one attached hydrogen (secondary N) is 1. The van der Waals surface area contributed by atoms with Crippen molar-refractivity contribution >= 4 is 56.3 Å². The second kappa shape index (κ2) is 19.8. The fourth-order valence-corrected chi connectivity index (χ4v) is 12.8. The molecule has 3 aliphatic heterocycles. The average molecular weight is 969 g/mol. The molecule has 3 N–H and O–H groups in total. The highest BCUT2D eigenvalue weighted by molar-refractivity contribution is 7.18. The predicted octanol–water partition coefficient (Wildman–Crippen LogP) is 9.04. The number of fused-ring (bicyclic) bond motifs is 1. The lowest BCUT2D eigenvalue weighted by Gasteiger charge is -2.34. The third kappa shape index (κ3) is 9.52. The monoisotopic (exact) mass is 968 g/mol. The first kappa shape index (κ1) is 46.7. The molecule has 3 fully saturated rings. The molecule has 360 valence electrons. The number of hydrogen-bond acceptors (Lipinski definition) is 15. The van der Waals surface area contributed by atoms with Crippen LogP contribution in [0.25, 0.3) is 20.7 Å². The van der Waals surface area contributed by atoms with Gasteiger partial charge in [0.05, 0.1) is 63.6 Å². The van der Waals surface area contributed by atoms with Crippen molar-refractivity contribution in [2.24, 2.45) is 5.92 Å². The summed E-state index contributed by atoms with van der Waals surface area (Å²) in [4.78, 5) is 51.8. The van der Waals surface area contributed by atoms with Gasteiger partial charge in [-0.2, -0.15) is 5.10 Å². The summed E-state index contributed by atoms with van der Waals surface area (Å²) in [6.45, 7) is 13.5. The molecule has 0 spiro atoms. The van der Waals surface area contributed by atoms with Crippen LogP contribution in [0.1, 0.15) is 128 Å². The van der Waals surface area contributed by atoms with Crippen molar-refractivity contribution in [2.45, 2.75) is 115 Å². The Kier molecular flexibility index (Phi) is 13.4. The van der Waals surface area contributed by atoms with Gasteiger partial charge in [-0.25, -0.2) is 15.0 Å². The normalized spacial score (nSPS) is 21.3. The van der Waals surface area contributed by atoms with Gasteiger partial charge in [0, 0.05) is 61.4 Å². The number of nitrogens with zero attached hydrogens (tertiary/aromatic N) is 9. The van der Waals surface area contributed by atoms with Gasteiger partial charge in [0.25, 0.3) is 0 Å². The van der Waals surface area contributed by atoms with E-state index in [1.807, 2.05) is 82.0 Å². The predicted molar refractivity (Wildman–Crippen MR) is 269 cm³/mol. The first-order valence-electron chi connectivity index (χ1n) is 24.3. The molecule has 10 rings (SSSR count). The number of carbonyl (C=O) groups excluding carboxylic acids is 2. The minimum Gasteiger partial charge on any atom is -0.512 e. The van der Waals surface area contributed by atoms with E-state index in [0.717, 1.165) is 113 Å². The van der Waals surface area contributed by atoms with Crippen LogP contribution in [0.2, 0.25) is 0 Å². The first-order chi connectivity index (χ1) is 33.4. The van der Waals surface area contributed by atoms with Crippen LogP contribution in [0.4, 0.5) is 11.6 Å². The van der Waals surface area contributed by atoms with E-state index >= 15 is 0 Å². The van der Waals surface area contributed by atoms with E-state index in [2.05, 4.69) is 54.5 Å². The van der Waals surface area contributed by atoms with Crippen LogP contribution in [-0.4, -0.2) is 102 Å². The van der Waals surface area contributed by atoms with E-state index in [1.54, 1.807) is 28.7 Å². The highest BCUT2D eigenvalue weighted by atomic mass is 32.1. The second-order valence-corrected chi connectivity index (χ2v) is 21.4. The van der Waals surface area contributed by atoms with Crippen molar-refractivity contribution in [3.63, 3.8) is 0 Å². The topological polar surface area (TPSA) is 187 Å². The maximum atomic E-state index is 14.4. The Labute approximate surface area is 410 Å². The molecule has 17 heteroatoms. The molecular weight excluding hydrogens is 909 g/mol. The maximum Gasteiger partial charge on any atom is 0.243 e. The SMILES string of the molecule is Cc1ncsc1-c1ccc([C@H](C)NC(=O)[C@@H]2C[C@@H](O)CN2C(=O)C(c2cc(C3CCN(c4cnc(N5CCC(c6sc7nnc(C8CC=CC=C8O)cc7c6C)CC5)nc4)CC3)no2)C(C)C)cc1. The lowest BCUT2D eigenvalue weighted by atomic mass is 9.89. The van der Waals surface area contributed by atoms with Crippen molar-refractivity contribution in [1.82, 2.24) is 40.5 Å². The third-order valence-electron chi connectivity index (χ3n) is 14.7. The summed E-state index contributed by atoms with van der Waals surface area (Å²) in [7, 11) is 0. The largest absolute Gasteiger partial charge is 0.512 e. The molecule has 1 aliphatic carbocycles. The van der Waals surface area contributed by atoms with E-state index in [4.69, 9.17) is 14.5 Å². The van der Waals surface area contributed by atoms with Gasteiger partial charge in [-0.1, -0.05) is 55.4 Å². The van der Waals surface area contributed by atoms with Crippen molar-refractivity contribution < 1.29 is 24.3 Å². The number of anilines is 2. The maximum absolute atomic E-state index is 14.4. The highest BCUT2D eigenvalue weighted by Crippen LogP contribution is 2.42. The molecule has 0 saturated carbocycles. The number of aliphatic hydroxyl groups is 2. The van der Waals surface area contributed by atoms with E-state index in [0.29, 0.717) is 17.4 Å². The zero-order chi connectivity index (χ0) is 47.9. The number of aromatic nitrogens is 6. The summed E-state index contributed by atoms with van der Waals surface area (Å²) in [5, 5.41) is 39.1. The summed E-state index contributed by atoms with van der Waals surface area (Å²) in [6.07, 6.45) is 13.4. The number of likely N-dealkylation sites (tertiary alicyclic amines) is 1. The molecule has 5 atom stereocenters. The Hall–Kier alpha value is -6.04. The average Bonchev–Trinajstić information content (AvgIpc) is 4.19. The number of rotatable bonds is 12. The molecule has 5 aromatic heterocycles. The molecule has 1 aromatic carbocycles. The number of β-amino-alcohol motifs (C(OH)–C–C–N with tert-alkyl or cyclic N) is 1. The number of piperidine rings is 2. The number of aliphatic hydroxyl groups excluding tert-OH is 2. The summed E-state index contributed by atoms with van der Waals surface area (Å²) in [5.41, 5.74) is 8.75. The number of hydrogen-bond donors (Lipinski definition) is 3. The van der Waals surface area contributed by atoms with Crippen LogP contribution in [-0.2, 0) is 9.59 Å². The number of carbonyl (C=O) groups is 2. The smallest absolute Gasteiger partial charge is 0.243 e. The van der Waals surface area contributed by atoms with Gasteiger partial charge in [0.2, 0.25) is 17.8 Å². The minimum absolute atomic E-state index is 0.0792. The highest BCUT2D eigenvalue weighted by Gasteiger charge is 2.44. The standard InChI is InChI=1S/C52H60N10O5S2/c1-29(2)46(51(66)62-27-38(63)22-43(62)49(65)56-31(4)33-10-12-35(13-11-33)48-32(5)55-28-68-48)45-24-41(59-67-45)34-14-18-60(19-15-34)37-25-53-52(54-26-37)61-20-16-36(17-21-61)47-30(3)40-23-42(57-58-50(40)69-47)39-8-6-7-9-44(39)64/h6-7,9-13,23-26,28-29,31,34,36,38-39,43,46,63-64H,8,14-22,27H2,1-5H3,(H,56,65)/t31-,38+,39?,43-,46?/m0/s1. The molecule has 2 unspecified atom stereocenters. The molecular formula is C52H60N10O5S2. The quantitative estimate of drug-likeness (QED) is 0.106. The Morgan fingerprint density at radius 2 is 1.62 bits per heavy atom. The molecule has 0 radical (unpaired) electrons. The van der Waals surface area contributed by atoms with Crippen molar-refractivity contribution in [3.05, 3.63) is 117 Å². The minimum atomic E-state index is -0.807. The van der Waals surface area contributed by atoms with E-state index in [-0.39, 0.29) is 48.6 Å².